The molecule has 19 heavy (non-hydrogen) atoms. The highest BCUT2D eigenvalue weighted by atomic mass is 32.1. The number of hydrogen-bond donors (Lipinski definition) is 0. The van der Waals surface area contributed by atoms with Crippen molar-refractivity contribution in [1.29, 1.82) is 0 Å². The first-order valence-corrected chi connectivity index (χ1v) is 7.04. The third-order valence-corrected chi connectivity index (χ3v) is 4.01. The van der Waals surface area contributed by atoms with Crippen molar-refractivity contribution in [2.75, 3.05) is 0 Å². The van der Waals surface area contributed by atoms with Crippen LogP contribution in [0.15, 0.2) is 24.4 Å². The van der Waals surface area contributed by atoms with Crippen molar-refractivity contribution in [1.82, 2.24) is 24.5 Å². The fourth-order valence-corrected chi connectivity index (χ4v) is 3.08. The van der Waals surface area contributed by atoms with Gasteiger partial charge in [-0.05, 0) is 38.5 Å². The minimum Gasteiger partial charge on any atom is -0.293 e. The van der Waals surface area contributed by atoms with Crippen LogP contribution in [-0.2, 0) is 6.42 Å². The van der Waals surface area contributed by atoms with E-state index in [9.17, 15) is 0 Å². The highest BCUT2D eigenvalue weighted by Gasteiger charge is 2.13. The summed E-state index contributed by atoms with van der Waals surface area (Å²) in [4.78, 5) is 0. The second-order valence-electron chi connectivity index (χ2n) is 4.41. The molecule has 98 valence electrons. The summed E-state index contributed by atoms with van der Waals surface area (Å²) in [5, 5.41) is 14.5. The number of aryl methyl sites for hydroxylation is 3. The van der Waals surface area contributed by atoms with Gasteiger partial charge in [0.15, 0.2) is 0 Å². The van der Waals surface area contributed by atoms with Crippen molar-refractivity contribution < 1.29 is 0 Å². The van der Waals surface area contributed by atoms with Gasteiger partial charge in [-0.1, -0.05) is 18.3 Å². The lowest BCUT2D eigenvalue weighted by molar-refractivity contribution is 0.789. The maximum atomic E-state index is 4.31. The van der Waals surface area contributed by atoms with E-state index in [1.54, 1.807) is 17.5 Å². The molecule has 0 N–H and O–H groups in total. The SMILES string of the molecule is CCc1ccnn1-c1nnc(-n2c(C)ccc2C)s1. The molecule has 0 radical (unpaired) electrons. The number of aromatic nitrogens is 5. The smallest absolute Gasteiger partial charge is 0.234 e. The summed E-state index contributed by atoms with van der Waals surface area (Å²) in [6.45, 7) is 6.24. The third kappa shape index (κ3) is 1.98. The minimum atomic E-state index is 0.810. The predicted octanol–water partition coefficient (Wildman–Crippen LogP) is 2.69. The van der Waals surface area contributed by atoms with Crippen LogP contribution in [0.5, 0.6) is 0 Å². The highest BCUT2D eigenvalue weighted by Crippen LogP contribution is 2.22. The zero-order chi connectivity index (χ0) is 13.4. The standard InChI is InChI=1S/C13H15N5S/c1-4-11-7-8-14-18(11)13-16-15-12(19-13)17-9(2)5-6-10(17)3/h5-8H,4H2,1-3H3. The Hall–Kier alpha value is -1.95. The molecule has 0 saturated carbocycles. The van der Waals surface area contributed by atoms with E-state index >= 15 is 0 Å². The summed E-state index contributed by atoms with van der Waals surface area (Å²) in [6.07, 6.45) is 2.72. The van der Waals surface area contributed by atoms with E-state index in [0.717, 1.165) is 33.8 Å². The van der Waals surface area contributed by atoms with Crippen LogP contribution in [0, 0.1) is 13.8 Å². The van der Waals surface area contributed by atoms with Gasteiger partial charge in [-0.15, -0.1) is 10.2 Å². The van der Waals surface area contributed by atoms with E-state index < -0.39 is 0 Å². The Morgan fingerprint density at radius 2 is 1.74 bits per heavy atom. The summed E-state index contributed by atoms with van der Waals surface area (Å²) >= 11 is 1.55. The van der Waals surface area contributed by atoms with Gasteiger partial charge < -0.3 is 0 Å². The average Bonchev–Trinajstić information content (AvgIpc) is 3.08. The van der Waals surface area contributed by atoms with Crippen LogP contribution in [0.1, 0.15) is 24.0 Å². The lowest BCUT2D eigenvalue weighted by atomic mass is 10.3. The Labute approximate surface area is 115 Å². The van der Waals surface area contributed by atoms with E-state index in [1.807, 2.05) is 10.7 Å². The molecule has 3 aromatic rings. The molecular formula is C13H15N5S. The molecular weight excluding hydrogens is 258 g/mol. The quantitative estimate of drug-likeness (QED) is 0.737. The van der Waals surface area contributed by atoms with Gasteiger partial charge in [0.2, 0.25) is 10.3 Å². The second-order valence-corrected chi connectivity index (χ2v) is 5.34. The Kier molecular flexibility index (Phi) is 2.94. The van der Waals surface area contributed by atoms with Gasteiger partial charge in [0, 0.05) is 23.3 Å². The summed E-state index contributed by atoms with van der Waals surface area (Å²) in [5.74, 6) is 0. The molecule has 0 fully saturated rings. The Bertz CT molecular complexity index is 687. The van der Waals surface area contributed by atoms with Crippen LogP contribution in [0.3, 0.4) is 0 Å². The zero-order valence-electron chi connectivity index (χ0n) is 11.2. The van der Waals surface area contributed by atoms with E-state index in [4.69, 9.17) is 0 Å². The van der Waals surface area contributed by atoms with Crippen molar-refractivity contribution in [3.8, 4) is 10.3 Å². The first-order chi connectivity index (χ1) is 9.20. The highest BCUT2D eigenvalue weighted by molar-refractivity contribution is 7.16. The molecule has 0 aliphatic rings. The van der Waals surface area contributed by atoms with Gasteiger partial charge in [0.1, 0.15) is 0 Å². The fourth-order valence-electron chi connectivity index (χ4n) is 2.12. The van der Waals surface area contributed by atoms with E-state index in [1.165, 1.54) is 0 Å². The minimum absolute atomic E-state index is 0.810. The maximum absolute atomic E-state index is 4.31. The van der Waals surface area contributed by atoms with Crippen LogP contribution in [0.2, 0.25) is 0 Å². The van der Waals surface area contributed by atoms with E-state index in [2.05, 4.69) is 52.8 Å². The van der Waals surface area contributed by atoms with Gasteiger partial charge in [-0.2, -0.15) is 5.10 Å². The molecule has 5 nitrogen and oxygen atoms in total. The first-order valence-electron chi connectivity index (χ1n) is 6.23. The van der Waals surface area contributed by atoms with Crippen molar-refractivity contribution in [2.24, 2.45) is 0 Å². The molecule has 0 aromatic carbocycles. The van der Waals surface area contributed by atoms with Crippen molar-refractivity contribution in [3.63, 3.8) is 0 Å². The normalized spacial score (nSPS) is 11.1. The van der Waals surface area contributed by atoms with Gasteiger partial charge in [0.25, 0.3) is 0 Å². The molecule has 3 rings (SSSR count). The molecule has 3 aromatic heterocycles. The van der Waals surface area contributed by atoms with Crippen molar-refractivity contribution >= 4 is 11.3 Å². The number of rotatable bonds is 3. The summed E-state index contributed by atoms with van der Waals surface area (Å²) < 4.78 is 3.96. The first kappa shape index (κ1) is 12.1. The predicted molar refractivity (Wildman–Crippen MR) is 75.2 cm³/mol. The lowest BCUT2D eigenvalue weighted by Gasteiger charge is -2.03. The monoisotopic (exact) mass is 273 g/mol. The molecule has 0 atom stereocenters. The molecule has 0 spiro atoms. The fraction of sp³-hybridized carbons (Fsp3) is 0.308. The van der Waals surface area contributed by atoms with Crippen LogP contribution in [-0.4, -0.2) is 24.5 Å². The van der Waals surface area contributed by atoms with Crippen molar-refractivity contribution in [2.45, 2.75) is 27.2 Å². The van der Waals surface area contributed by atoms with Gasteiger partial charge in [-0.25, -0.2) is 4.68 Å². The van der Waals surface area contributed by atoms with E-state index in [0.29, 0.717) is 0 Å². The molecule has 0 aliphatic heterocycles. The lowest BCUT2D eigenvalue weighted by Crippen LogP contribution is -2.00. The topological polar surface area (TPSA) is 48.5 Å². The van der Waals surface area contributed by atoms with Crippen LogP contribution in [0.4, 0.5) is 0 Å². The second kappa shape index (κ2) is 4.62. The number of hydrogen-bond acceptors (Lipinski definition) is 4. The molecule has 0 unspecified atom stereocenters. The van der Waals surface area contributed by atoms with Crippen molar-refractivity contribution in [3.05, 3.63) is 41.5 Å². The molecule has 6 heteroatoms. The Morgan fingerprint density at radius 1 is 1.05 bits per heavy atom. The van der Waals surface area contributed by atoms with Crippen LogP contribution >= 0.6 is 11.3 Å². The van der Waals surface area contributed by atoms with Gasteiger partial charge in [0.05, 0.1) is 0 Å². The maximum Gasteiger partial charge on any atom is 0.234 e. The average molecular weight is 273 g/mol. The third-order valence-electron chi connectivity index (χ3n) is 3.13. The number of nitrogens with zero attached hydrogens (tertiary/aromatic N) is 5. The molecule has 3 heterocycles. The summed E-state index contributed by atoms with van der Waals surface area (Å²) in [5.41, 5.74) is 3.47. The zero-order valence-corrected chi connectivity index (χ0v) is 12.0. The van der Waals surface area contributed by atoms with Crippen LogP contribution < -0.4 is 0 Å². The molecule has 0 saturated heterocycles. The Morgan fingerprint density at radius 3 is 2.42 bits per heavy atom. The summed E-state index contributed by atoms with van der Waals surface area (Å²) in [7, 11) is 0. The largest absolute Gasteiger partial charge is 0.293 e. The van der Waals surface area contributed by atoms with Crippen LogP contribution in [0.25, 0.3) is 10.3 Å². The summed E-state index contributed by atoms with van der Waals surface area (Å²) in [6, 6.07) is 6.18. The van der Waals surface area contributed by atoms with E-state index in [-0.39, 0.29) is 0 Å². The van der Waals surface area contributed by atoms with Gasteiger partial charge in [-0.3, -0.25) is 4.57 Å². The Balaban J connectivity index is 2.05. The molecule has 0 bridgehead atoms. The van der Waals surface area contributed by atoms with Gasteiger partial charge >= 0.3 is 0 Å². The molecule has 0 aliphatic carbocycles. The molecule has 0 amide bonds.